The standard InChI is InChI=1S/C12H22BrN/c1-10(13)9-14-11-5-4-7-12(2,3)8-6-11/h11,14H,1,4-9H2,2-3H3. The second-order valence-electron chi connectivity index (χ2n) is 5.19. The summed E-state index contributed by atoms with van der Waals surface area (Å²) in [5.74, 6) is 0. The predicted octanol–water partition coefficient (Wildman–Crippen LogP) is 3.84. The predicted molar refractivity (Wildman–Crippen MR) is 66.7 cm³/mol. The van der Waals surface area contributed by atoms with E-state index in [1.807, 2.05) is 0 Å². The van der Waals surface area contributed by atoms with Gasteiger partial charge in [-0.25, -0.2) is 0 Å². The molecular weight excluding hydrogens is 238 g/mol. The van der Waals surface area contributed by atoms with E-state index in [1.165, 1.54) is 32.1 Å². The summed E-state index contributed by atoms with van der Waals surface area (Å²) in [5.41, 5.74) is 0.557. The van der Waals surface area contributed by atoms with Crippen LogP contribution in [0.3, 0.4) is 0 Å². The van der Waals surface area contributed by atoms with Gasteiger partial charge in [0.05, 0.1) is 0 Å². The highest BCUT2D eigenvalue weighted by molar-refractivity contribution is 9.11. The van der Waals surface area contributed by atoms with E-state index >= 15 is 0 Å². The van der Waals surface area contributed by atoms with Crippen molar-refractivity contribution >= 4 is 15.9 Å². The van der Waals surface area contributed by atoms with Gasteiger partial charge in [-0.3, -0.25) is 0 Å². The van der Waals surface area contributed by atoms with E-state index in [0.29, 0.717) is 11.5 Å². The van der Waals surface area contributed by atoms with Gasteiger partial charge in [-0.15, -0.1) is 0 Å². The highest BCUT2D eigenvalue weighted by Gasteiger charge is 2.23. The first kappa shape index (κ1) is 12.3. The minimum Gasteiger partial charge on any atom is -0.309 e. The molecule has 2 heteroatoms. The van der Waals surface area contributed by atoms with Crippen molar-refractivity contribution in [2.45, 2.75) is 52.0 Å². The molecule has 1 saturated carbocycles. The monoisotopic (exact) mass is 259 g/mol. The first-order chi connectivity index (χ1) is 6.49. The van der Waals surface area contributed by atoms with Crippen LogP contribution in [0.1, 0.15) is 46.0 Å². The maximum Gasteiger partial charge on any atom is 0.0268 e. The van der Waals surface area contributed by atoms with Crippen LogP contribution in [0, 0.1) is 5.41 Å². The normalized spacial score (nSPS) is 26.9. The number of halogens is 1. The molecule has 0 aromatic heterocycles. The van der Waals surface area contributed by atoms with Gasteiger partial charge in [-0.05, 0) is 31.1 Å². The van der Waals surface area contributed by atoms with Crippen LogP contribution in [0.2, 0.25) is 0 Å². The van der Waals surface area contributed by atoms with E-state index in [2.05, 4.69) is 41.7 Å². The zero-order chi connectivity index (χ0) is 10.6. The molecule has 0 radical (unpaired) electrons. The van der Waals surface area contributed by atoms with Crippen LogP contribution in [0.25, 0.3) is 0 Å². The lowest BCUT2D eigenvalue weighted by Crippen LogP contribution is -2.29. The van der Waals surface area contributed by atoms with E-state index in [9.17, 15) is 0 Å². The third-order valence-electron chi connectivity index (χ3n) is 3.16. The zero-order valence-electron chi connectivity index (χ0n) is 9.41. The Morgan fingerprint density at radius 1 is 1.43 bits per heavy atom. The van der Waals surface area contributed by atoms with Crippen LogP contribution in [-0.2, 0) is 0 Å². The summed E-state index contributed by atoms with van der Waals surface area (Å²) in [6, 6.07) is 0.700. The summed E-state index contributed by atoms with van der Waals surface area (Å²) in [6.45, 7) is 9.53. The lowest BCUT2D eigenvalue weighted by Gasteiger charge is -2.22. The van der Waals surface area contributed by atoms with E-state index in [4.69, 9.17) is 0 Å². The number of hydrogen-bond acceptors (Lipinski definition) is 1. The maximum absolute atomic E-state index is 3.85. The van der Waals surface area contributed by atoms with Gasteiger partial charge in [0.2, 0.25) is 0 Å². The highest BCUT2D eigenvalue weighted by atomic mass is 79.9. The molecule has 14 heavy (non-hydrogen) atoms. The second kappa shape index (κ2) is 5.32. The van der Waals surface area contributed by atoms with Crippen LogP contribution in [0.4, 0.5) is 0 Å². The Bertz CT molecular complexity index is 198. The Hall–Kier alpha value is 0.180. The van der Waals surface area contributed by atoms with Crippen molar-refractivity contribution < 1.29 is 0 Å². The van der Waals surface area contributed by atoms with Crippen LogP contribution >= 0.6 is 15.9 Å². The van der Waals surface area contributed by atoms with Gasteiger partial charge in [0, 0.05) is 17.1 Å². The molecule has 0 saturated heterocycles. The lowest BCUT2D eigenvalue weighted by molar-refractivity contribution is 0.310. The van der Waals surface area contributed by atoms with E-state index in [0.717, 1.165) is 11.0 Å². The number of nitrogens with one attached hydrogen (secondary N) is 1. The smallest absolute Gasteiger partial charge is 0.0268 e. The molecule has 1 rings (SSSR count). The van der Waals surface area contributed by atoms with Crippen LogP contribution in [-0.4, -0.2) is 12.6 Å². The summed E-state index contributed by atoms with van der Waals surface area (Å²) in [6.07, 6.45) is 6.72. The molecule has 0 aromatic rings. The molecule has 1 aliphatic rings. The lowest BCUT2D eigenvalue weighted by atomic mass is 9.85. The molecule has 0 spiro atoms. The Morgan fingerprint density at radius 2 is 2.14 bits per heavy atom. The largest absolute Gasteiger partial charge is 0.309 e. The summed E-state index contributed by atoms with van der Waals surface area (Å²) < 4.78 is 1.06. The van der Waals surface area contributed by atoms with Crippen molar-refractivity contribution in [3.05, 3.63) is 11.1 Å². The minimum absolute atomic E-state index is 0.557. The van der Waals surface area contributed by atoms with Crippen LogP contribution < -0.4 is 5.32 Å². The van der Waals surface area contributed by atoms with Crippen molar-refractivity contribution in [2.75, 3.05) is 6.54 Å². The van der Waals surface area contributed by atoms with Gasteiger partial charge >= 0.3 is 0 Å². The summed E-state index contributed by atoms with van der Waals surface area (Å²) in [7, 11) is 0. The molecule has 1 aliphatic carbocycles. The van der Waals surface area contributed by atoms with Gasteiger partial charge in [-0.2, -0.15) is 0 Å². The van der Waals surface area contributed by atoms with Crippen molar-refractivity contribution in [2.24, 2.45) is 5.41 Å². The molecule has 0 heterocycles. The van der Waals surface area contributed by atoms with Crippen molar-refractivity contribution in [3.63, 3.8) is 0 Å². The highest BCUT2D eigenvalue weighted by Crippen LogP contribution is 2.33. The molecule has 0 bridgehead atoms. The van der Waals surface area contributed by atoms with Gasteiger partial charge in [0.15, 0.2) is 0 Å². The topological polar surface area (TPSA) is 12.0 Å². The molecule has 1 N–H and O–H groups in total. The van der Waals surface area contributed by atoms with Gasteiger partial charge < -0.3 is 5.32 Å². The Balaban J connectivity index is 2.31. The summed E-state index contributed by atoms with van der Waals surface area (Å²) in [4.78, 5) is 0. The molecule has 1 atom stereocenters. The Morgan fingerprint density at radius 3 is 2.79 bits per heavy atom. The fourth-order valence-corrected chi connectivity index (χ4v) is 2.28. The fraction of sp³-hybridized carbons (Fsp3) is 0.833. The Labute approximate surface area is 96.5 Å². The minimum atomic E-state index is 0.557. The first-order valence-electron chi connectivity index (χ1n) is 5.56. The SMILES string of the molecule is C=C(Br)CNC1CCCC(C)(C)CC1. The number of hydrogen-bond donors (Lipinski definition) is 1. The molecule has 0 amide bonds. The van der Waals surface area contributed by atoms with Gasteiger partial charge in [-0.1, -0.05) is 42.8 Å². The average molecular weight is 260 g/mol. The first-order valence-corrected chi connectivity index (χ1v) is 6.35. The average Bonchev–Trinajstić information content (AvgIpc) is 2.23. The molecule has 82 valence electrons. The molecule has 0 aromatic carbocycles. The quantitative estimate of drug-likeness (QED) is 0.760. The molecule has 0 aliphatic heterocycles. The third kappa shape index (κ3) is 4.61. The van der Waals surface area contributed by atoms with Crippen LogP contribution in [0.5, 0.6) is 0 Å². The van der Waals surface area contributed by atoms with E-state index < -0.39 is 0 Å². The van der Waals surface area contributed by atoms with Crippen molar-refractivity contribution in [1.29, 1.82) is 0 Å². The van der Waals surface area contributed by atoms with Crippen molar-refractivity contribution in [3.8, 4) is 0 Å². The van der Waals surface area contributed by atoms with Gasteiger partial charge in [0.1, 0.15) is 0 Å². The molecular formula is C12H22BrN. The van der Waals surface area contributed by atoms with Crippen LogP contribution in [0.15, 0.2) is 11.1 Å². The van der Waals surface area contributed by atoms with E-state index in [-0.39, 0.29) is 0 Å². The Kier molecular flexibility index (Phi) is 4.65. The zero-order valence-corrected chi connectivity index (χ0v) is 11.0. The summed E-state index contributed by atoms with van der Waals surface area (Å²) >= 11 is 3.39. The number of rotatable bonds is 3. The molecule has 1 nitrogen and oxygen atoms in total. The summed E-state index contributed by atoms with van der Waals surface area (Å²) in [5, 5.41) is 3.55. The molecule has 1 fully saturated rings. The fourth-order valence-electron chi connectivity index (χ4n) is 2.12. The van der Waals surface area contributed by atoms with Gasteiger partial charge in [0.25, 0.3) is 0 Å². The van der Waals surface area contributed by atoms with Crippen molar-refractivity contribution in [1.82, 2.24) is 5.32 Å². The molecule has 1 unspecified atom stereocenters. The maximum atomic E-state index is 3.85. The van der Waals surface area contributed by atoms with E-state index in [1.54, 1.807) is 0 Å². The third-order valence-corrected chi connectivity index (χ3v) is 3.44. The second-order valence-corrected chi connectivity index (χ2v) is 6.31.